The lowest BCUT2D eigenvalue weighted by atomic mass is 10.2. The average Bonchev–Trinajstić information content (AvgIpc) is 3.27. The van der Waals surface area contributed by atoms with Gasteiger partial charge in [-0.15, -0.1) is 0 Å². The third-order valence-corrected chi connectivity index (χ3v) is 8.22. The molecule has 0 aromatic heterocycles. The van der Waals surface area contributed by atoms with Gasteiger partial charge in [0.1, 0.15) is 5.82 Å². The molecule has 0 unspecified atom stereocenters. The van der Waals surface area contributed by atoms with Gasteiger partial charge in [0.05, 0.1) is 16.8 Å². The van der Waals surface area contributed by atoms with Crippen molar-refractivity contribution in [3.8, 4) is 0 Å². The fourth-order valence-electron chi connectivity index (χ4n) is 3.51. The molecule has 32 heavy (non-hydrogen) atoms. The number of sulfonamides is 2. The van der Waals surface area contributed by atoms with E-state index in [-0.39, 0.29) is 35.9 Å². The van der Waals surface area contributed by atoms with Crippen molar-refractivity contribution in [2.75, 3.05) is 35.5 Å². The van der Waals surface area contributed by atoms with E-state index in [9.17, 15) is 26.0 Å². The number of amides is 1. The van der Waals surface area contributed by atoms with Crippen LogP contribution in [0.5, 0.6) is 0 Å². The van der Waals surface area contributed by atoms with Gasteiger partial charge < -0.3 is 5.32 Å². The summed E-state index contributed by atoms with van der Waals surface area (Å²) in [6, 6.07) is 11.5. The van der Waals surface area contributed by atoms with E-state index < -0.39 is 25.9 Å². The molecule has 8 nitrogen and oxygen atoms in total. The molecule has 0 saturated carbocycles. The Hall–Kier alpha value is -2.50. The van der Waals surface area contributed by atoms with Crippen molar-refractivity contribution in [3.63, 3.8) is 0 Å². The second kappa shape index (κ2) is 9.97. The lowest BCUT2D eigenvalue weighted by molar-refractivity contribution is -0.116. The standard InChI is InChI=1S/C21H26FN3O5S2/c1-31(27,28)25(20-8-3-2-7-19(20)22)16-6-9-21(26)23-17-10-12-18(13-11-17)32(29,30)24-14-4-5-15-24/h2-3,7-8,10-13H,4-6,9,14-16H2,1H3,(H,23,26). The van der Waals surface area contributed by atoms with Crippen LogP contribution in [0, 0.1) is 5.82 Å². The van der Waals surface area contributed by atoms with Gasteiger partial charge in [0.25, 0.3) is 0 Å². The predicted molar refractivity (Wildman–Crippen MR) is 121 cm³/mol. The van der Waals surface area contributed by atoms with Gasteiger partial charge >= 0.3 is 0 Å². The lowest BCUT2D eigenvalue weighted by Gasteiger charge is -2.22. The molecule has 0 bridgehead atoms. The fraction of sp³-hybridized carbons (Fsp3) is 0.381. The molecular formula is C21H26FN3O5S2. The van der Waals surface area contributed by atoms with Crippen molar-refractivity contribution in [1.29, 1.82) is 0 Å². The first kappa shape index (κ1) is 24.1. The Morgan fingerprint density at radius 1 is 1.03 bits per heavy atom. The SMILES string of the molecule is CS(=O)(=O)N(CCCC(=O)Nc1ccc(S(=O)(=O)N2CCCC2)cc1)c1ccccc1F. The zero-order chi connectivity index (χ0) is 23.4. The summed E-state index contributed by atoms with van der Waals surface area (Å²) < 4.78 is 65.7. The molecule has 1 N–H and O–H groups in total. The van der Waals surface area contributed by atoms with E-state index >= 15 is 0 Å². The number of nitrogens with one attached hydrogen (secondary N) is 1. The zero-order valence-electron chi connectivity index (χ0n) is 17.7. The molecule has 0 aliphatic carbocycles. The maximum atomic E-state index is 14.0. The van der Waals surface area contributed by atoms with Crippen molar-refractivity contribution in [2.45, 2.75) is 30.6 Å². The van der Waals surface area contributed by atoms with E-state index in [2.05, 4.69) is 5.32 Å². The van der Waals surface area contributed by atoms with Crippen LogP contribution < -0.4 is 9.62 Å². The third kappa shape index (κ3) is 5.84. The maximum Gasteiger partial charge on any atom is 0.243 e. The highest BCUT2D eigenvalue weighted by Crippen LogP contribution is 2.23. The molecule has 1 amide bonds. The zero-order valence-corrected chi connectivity index (χ0v) is 19.3. The number of halogens is 1. The van der Waals surface area contributed by atoms with E-state index in [0.717, 1.165) is 23.4 Å². The van der Waals surface area contributed by atoms with E-state index in [1.54, 1.807) is 0 Å². The number of hydrogen-bond acceptors (Lipinski definition) is 5. The molecular weight excluding hydrogens is 457 g/mol. The molecule has 1 saturated heterocycles. The summed E-state index contributed by atoms with van der Waals surface area (Å²) in [6.07, 6.45) is 2.86. The summed E-state index contributed by atoms with van der Waals surface area (Å²) in [5.41, 5.74) is 0.370. The van der Waals surface area contributed by atoms with Crippen LogP contribution in [-0.4, -0.2) is 52.9 Å². The highest BCUT2D eigenvalue weighted by Gasteiger charge is 2.27. The fourth-order valence-corrected chi connectivity index (χ4v) is 6.00. The quantitative estimate of drug-likeness (QED) is 0.591. The Bertz CT molecular complexity index is 1160. The summed E-state index contributed by atoms with van der Waals surface area (Å²) in [5, 5.41) is 2.66. The number of nitrogens with zero attached hydrogens (tertiary/aromatic N) is 2. The van der Waals surface area contributed by atoms with Crippen LogP contribution in [0.4, 0.5) is 15.8 Å². The Balaban J connectivity index is 1.57. The Morgan fingerprint density at radius 3 is 2.25 bits per heavy atom. The van der Waals surface area contributed by atoms with Crippen LogP contribution in [0.3, 0.4) is 0 Å². The van der Waals surface area contributed by atoms with Crippen molar-refractivity contribution >= 4 is 37.3 Å². The van der Waals surface area contributed by atoms with Gasteiger partial charge in [0, 0.05) is 31.7 Å². The molecule has 1 aliphatic rings. The highest BCUT2D eigenvalue weighted by molar-refractivity contribution is 7.92. The number of anilines is 2. The summed E-state index contributed by atoms with van der Waals surface area (Å²) >= 11 is 0. The Labute approximate surface area is 188 Å². The molecule has 2 aromatic carbocycles. The minimum absolute atomic E-state index is 0.00823. The topological polar surface area (TPSA) is 104 Å². The molecule has 11 heteroatoms. The number of carbonyl (C=O) groups excluding carboxylic acids is 1. The van der Waals surface area contributed by atoms with Gasteiger partial charge in [-0.3, -0.25) is 9.10 Å². The molecule has 2 aromatic rings. The summed E-state index contributed by atoms with van der Waals surface area (Å²) in [7, 11) is -7.25. The van der Waals surface area contributed by atoms with E-state index in [0.29, 0.717) is 18.8 Å². The van der Waals surface area contributed by atoms with Crippen LogP contribution in [0.25, 0.3) is 0 Å². The average molecular weight is 484 g/mol. The van der Waals surface area contributed by atoms with Crippen molar-refractivity contribution in [1.82, 2.24) is 4.31 Å². The van der Waals surface area contributed by atoms with Crippen LogP contribution in [0.2, 0.25) is 0 Å². The summed E-state index contributed by atoms with van der Waals surface area (Å²) in [4.78, 5) is 12.4. The predicted octanol–water partition coefficient (Wildman–Crippen LogP) is 2.80. The van der Waals surface area contributed by atoms with E-state index in [4.69, 9.17) is 0 Å². The van der Waals surface area contributed by atoms with Crippen molar-refractivity contribution in [3.05, 3.63) is 54.3 Å². The minimum atomic E-state index is -3.72. The lowest BCUT2D eigenvalue weighted by Crippen LogP contribution is -2.32. The first-order chi connectivity index (χ1) is 15.1. The van der Waals surface area contributed by atoms with E-state index in [1.165, 1.54) is 52.8 Å². The van der Waals surface area contributed by atoms with Crippen LogP contribution >= 0.6 is 0 Å². The molecule has 1 fully saturated rings. The number of benzene rings is 2. The number of hydrogen-bond donors (Lipinski definition) is 1. The van der Waals surface area contributed by atoms with Crippen molar-refractivity contribution in [2.24, 2.45) is 0 Å². The molecule has 3 rings (SSSR count). The molecule has 1 heterocycles. The number of rotatable bonds is 9. The second-order valence-corrected chi connectivity index (χ2v) is 11.4. The number of para-hydroxylation sites is 1. The van der Waals surface area contributed by atoms with Gasteiger partial charge in [-0.25, -0.2) is 21.2 Å². The molecule has 174 valence electrons. The van der Waals surface area contributed by atoms with Crippen LogP contribution in [-0.2, 0) is 24.8 Å². The van der Waals surface area contributed by atoms with Gasteiger partial charge in [-0.2, -0.15) is 4.31 Å². The highest BCUT2D eigenvalue weighted by atomic mass is 32.2. The van der Waals surface area contributed by atoms with Gasteiger partial charge in [-0.05, 0) is 55.7 Å². The molecule has 0 atom stereocenters. The first-order valence-electron chi connectivity index (χ1n) is 10.2. The van der Waals surface area contributed by atoms with Gasteiger partial charge in [0.15, 0.2) is 0 Å². The minimum Gasteiger partial charge on any atom is -0.326 e. The first-order valence-corrected chi connectivity index (χ1v) is 13.5. The second-order valence-electron chi connectivity index (χ2n) is 7.57. The molecule has 0 radical (unpaired) electrons. The van der Waals surface area contributed by atoms with Crippen LogP contribution in [0.1, 0.15) is 25.7 Å². The maximum absolute atomic E-state index is 14.0. The molecule has 1 aliphatic heterocycles. The van der Waals surface area contributed by atoms with Crippen molar-refractivity contribution < 1.29 is 26.0 Å². The molecule has 0 spiro atoms. The summed E-state index contributed by atoms with van der Waals surface area (Å²) in [5.74, 6) is -1.02. The Kier molecular flexibility index (Phi) is 7.52. The summed E-state index contributed by atoms with van der Waals surface area (Å²) in [6.45, 7) is 0.969. The normalized spacial score (nSPS) is 14.9. The van der Waals surface area contributed by atoms with E-state index in [1.807, 2.05) is 0 Å². The smallest absolute Gasteiger partial charge is 0.243 e. The van der Waals surface area contributed by atoms with Gasteiger partial charge in [-0.1, -0.05) is 12.1 Å². The van der Waals surface area contributed by atoms with Gasteiger partial charge in [0.2, 0.25) is 26.0 Å². The van der Waals surface area contributed by atoms with Crippen LogP contribution in [0.15, 0.2) is 53.4 Å². The Morgan fingerprint density at radius 2 is 1.66 bits per heavy atom. The number of carbonyl (C=O) groups is 1. The third-order valence-electron chi connectivity index (χ3n) is 5.13. The monoisotopic (exact) mass is 483 g/mol. The largest absolute Gasteiger partial charge is 0.326 e.